The molecule has 0 bridgehead atoms. The van der Waals surface area contributed by atoms with Crippen LogP contribution in [0.15, 0.2) is 30.6 Å². The van der Waals surface area contributed by atoms with E-state index in [1.165, 1.54) is 0 Å². The van der Waals surface area contributed by atoms with Crippen molar-refractivity contribution in [3.8, 4) is 5.88 Å². The Morgan fingerprint density at radius 3 is 2.69 bits per heavy atom. The summed E-state index contributed by atoms with van der Waals surface area (Å²) in [6.45, 7) is 6.25. The molecule has 0 radical (unpaired) electrons. The highest BCUT2D eigenvalue weighted by Crippen LogP contribution is 2.29. The number of hydrogen-bond donors (Lipinski definition) is 2. The Balaban J connectivity index is 1.15. The van der Waals surface area contributed by atoms with Gasteiger partial charge in [-0.1, -0.05) is 6.92 Å². The molecule has 1 unspecified atom stereocenters. The number of anilines is 2. The molecule has 1 saturated heterocycles. The molecule has 9 heteroatoms. The van der Waals surface area contributed by atoms with Crippen molar-refractivity contribution in [2.45, 2.75) is 44.9 Å². The SMILES string of the molecule is CCC1Oc2ncc(CN3CCN(c4ccc(C(=O)NC5CC5)nc4)CC3)cc2NC1=O. The standard InChI is InChI=1S/C23H28N6O3/c1-2-20-22(31)27-19-11-15(12-25-23(19)32-20)14-28-7-9-29(10-8-28)17-5-6-18(24-13-17)21(30)26-16-3-4-16/h5-6,11-13,16,20H,2-4,7-10,14H2,1H3,(H,26,30)(H,27,31). The van der Waals surface area contributed by atoms with Gasteiger partial charge in [0.1, 0.15) is 11.4 Å². The maximum atomic E-state index is 12.1. The zero-order valence-electron chi connectivity index (χ0n) is 18.2. The van der Waals surface area contributed by atoms with E-state index in [1.54, 1.807) is 12.3 Å². The molecule has 32 heavy (non-hydrogen) atoms. The van der Waals surface area contributed by atoms with Gasteiger partial charge in [0.25, 0.3) is 11.8 Å². The van der Waals surface area contributed by atoms with Gasteiger partial charge in [0.05, 0.1) is 11.9 Å². The molecule has 168 valence electrons. The van der Waals surface area contributed by atoms with E-state index in [-0.39, 0.29) is 11.8 Å². The van der Waals surface area contributed by atoms with Crippen molar-refractivity contribution in [1.82, 2.24) is 20.2 Å². The average Bonchev–Trinajstić information content (AvgIpc) is 3.63. The van der Waals surface area contributed by atoms with Crippen molar-refractivity contribution in [1.29, 1.82) is 0 Å². The first kappa shape index (κ1) is 20.7. The van der Waals surface area contributed by atoms with E-state index in [2.05, 4.69) is 30.4 Å². The molecule has 2 aliphatic heterocycles. The minimum atomic E-state index is -0.468. The Morgan fingerprint density at radius 1 is 1.19 bits per heavy atom. The maximum absolute atomic E-state index is 12.1. The van der Waals surface area contributed by atoms with Gasteiger partial charge in [-0.3, -0.25) is 14.5 Å². The molecule has 2 aromatic heterocycles. The minimum absolute atomic E-state index is 0.0886. The number of rotatable bonds is 6. The third-order valence-corrected chi connectivity index (χ3v) is 6.12. The Bertz CT molecular complexity index is 999. The van der Waals surface area contributed by atoms with Gasteiger partial charge < -0.3 is 20.3 Å². The largest absolute Gasteiger partial charge is 0.463 e. The highest BCUT2D eigenvalue weighted by Gasteiger charge is 2.28. The molecule has 2 fully saturated rings. The van der Waals surface area contributed by atoms with Crippen molar-refractivity contribution < 1.29 is 14.3 Å². The zero-order chi connectivity index (χ0) is 22.1. The van der Waals surface area contributed by atoms with E-state index in [4.69, 9.17) is 4.74 Å². The molecule has 0 spiro atoms. The van der Waals surface area contributed by atoms with Gasteiger partial charge in [0, 0.05) is 45.0 Å². The fraction of sp³-hybridized carbons (Fsp3) is 0.478. The van der Waals surface area contributed by atoms with Crippen LogP contribution in [-0.2, 0) is 11.3 Å². The summed E-state index contributed by atoms with van der Waals surface area (Å²) < 4.78 is 5.67. The van der Waals surface area contributed by atoms with Gasteiger partial charge in [0.2, 0.25) is 5.88 Å². The van der Waals surface area contributed by atoms with Crippen LogP contribution in [0.3, 0.4) is 0 Å². The van der Waals surface area contributed by atoms with E-state index in [9.17, 15) is 9.59 Å². The second-order valence-electron chi connectivity index (χ2n) is 8.61. The molecular formula is C23H28N6O3. The average molecular weight is 437 g/mol. The first-order valence-corrected chi connectivity index (χ1v) is 11.3. The van der Waals surface area contributed by atoms with E-state index < -0.39 is 6.10 Å². The number of hydrogen-bond acceptors (Lipinski definition) is 7. The summed E-state index contributed by atoms with van der Waals surface area (Å²) in [5, 5.41) is 5.87. The molecule has 2 N–H and O–H groups in total. The molecule has 4 heterocycles. The van der Waals surface area contributed by atoms with Crippen LogP contribution < -0.4 is 20.3 Å². The normalized spacial score (nSPS) is 20.8. The Labute approximate surface area is 187 Å². The minimum Gasteiger partial charge on any atom is -0.463 e. The predicted molar refractivity (Wildman–Crippen MR) is 120 cm³/mol. The number of amides is 2. The molecule has 2 aromatic rings. The van der Waals surface area contributed by atoms with E-state index in [0.717, 1.165) is 56.8 Å². The summed E-state index contributed by atoms with van der Waals surface area (Å²) in [5.41, 5.74) is 3.20. The molecule has 1 atom stereocenters. The lowest BCUT2D eigenvalue weighted by molar-refractivity contribution is -0.123. The van der Waals surface area contributed by atoms with Crippen LogP contribution >= 0.6 is 0 Å². The van der Waals surface area contributed by atoms with Gasteiger partial charge >= 0.3 is 0 Å². The number of pyridine rings is 2. The van der Waals surface area contributed by atoms with Crippen LogP contribution in [0, 0.1) is 0 Å². The number of ether oxygens (including phenoxy) is 1. The Morgan fingerprint density at radius 2 is 2.00 bits per heavy atom. The van der Waals surface area contributed by atoms with Crippen LogP contribution in [0.25, 0.3) is 0 Å². The number of aromatic nitrogens is 2. The van der Waals surface area contributed by atoms with E-state index in [1.807, 2.05) is 25.3 Å². The fourth-order valence-electron chi connectivity index (χ4n) is 4.05. The van der Waals surface area contributed by atoms with Crippen molar-refractivity contribution >= 4 is 23.2 Å². The number of nitrogens with zero attached hydrogens (tertiary/aromatic N) is 4. The lowest BCUT2D eigenvalue weighted by Crippen LogP contribution is -2.46. The van der Waals surface area contributed by atoms with Crippen LogP contribution in [0.5, 0.6) is 5.88 Å². The topological polar surface area (TPSA) is 99.7 Å². The highest BCUT2D eigenvalue weighted by molar-refractivity contribution is 5.97. The first-order chi connectivity index (χ1) is 15.6. The van der Waals surface area contributed by atoms with Crippen LogP contribution in [0.4, 0.5) is 11.4 Å². The second-order valence-corrected chi connectivity index (χ2v) is 8.61. The van der Waals surface area contributed by atoms with Crippen LogP contribution in [0.2, 0.25) is 0 Å². The summed E-state index contributed by atoms with van der Waals surface area (Å²) in [4.78, 5) is 37.6. The number of nitrogens with one attached hydrogen (secondary N) is 2. The van der Waals surface area contributed by atoms with Gasteiger partial charge in [-0.2, -0.15) is 0 Å². The first-order valence-electron chi connectivity index (χ1n) is 11.3. The van der Waals surface area contributed by atoms with Gasteiger partial charge in [-0.15, -0.1) is 0 Å². The van der Waals surface area contributed by atoms with Gasteiger partial charge in [-0.25, -0.2) is 9.97 Å². The number of fused-ring (bicyclic) bond motifs is 1. The second kappa shape index (κ2) is 8.74. The lowest BCUT2D eigenvalue weighted by Gasteiger charge is -2.36. The Hall–Kier alpha value is -3.20. The van der Waals surface area contributed by atoms with Crippen molar-refractivity contribution in [2.75, 3.05) is 36.4 Å². The summed E-state index contributed by atoms with van der Waals surface area (Å²) in [6.07, 6.45) is 5.90. The molecule has 1 aliphatic carbocycles. The quantitative estimate of drug-likeness (QED) is 0.712. The Kier molecular flexibility index (Phi) is 5.65. The lowest BCUT2D eigenvalue weighted by atomic mass is 10.1. The van der Waals surface area contributed by atoms with Gasteiger partial charge in [0.15, 0.2) is 6.10 Å². The number of piperazine rings is 1. The summed E-state index contributed by atoms with van der Waals surface area (Å²) in [5.74, 6) is 0.290. The number of carbonyl (C=O) groups excluding carboxylic acids is 2. The number of carbonyl (C=O) groups is 2. The van der Waals surface area contributed by atoms with Crippen LogP contribution in [-0.4, -0.2) is 65.0 Å². The highest BCUT2D eigenvalue weighted by atomic mass is 16.5. The van der Waals surface area contributed by atoms with E-state index in [0.29, 0.717) is 29.7 Å². The monoisotopic (exact) mass is 436 g/mol. The fourth-order valence-corrected chi connectivity index (χ4v) is 4.05. The molecule has 9 nitrogen and oxygen atoms in total. The smallest absolute Gasteiger partial charge is 0.270 e. The summed E-state index contributed by atoms with van der Waals surface area (Å²) in [6, 6.07) is 6.06. The molecule has 1 saturated carbocycles. The predicted octanol–water partition coefficient (Wildman–Crippen LogP) is 1.80. The third kappa shape index (κ3) is 4.52. The molecule has 3 aliphatic rings. The van der Waals surface area contributed by atoms with E-state index >= 15 is 0 Å². The molecule has 0 aromatic carbocycles. The van der Waals surface area contributed by atoms with Crippen molar-refractivity contribution in [3.05, 3.63) is 41.9 Å². The molecule has 5 rings (SSSR count). The summed E-state index contributed by atoms with van der Waals surface area (Å²) >= 11 is 0. The van der Waals surface area contributed by atoms with Crippen molar-refractivity contribution in [2.24, 2.45) is 0 Å². The molecule has 2 amide bonds. The summed E-state index contributed by atoms with van der Waals surface area (Å²) in [7, 11) is 0. The van der Waals surface area contributed by atoms with Crippen molar-refractivity contribution in [3.63, 3.8) is 0 Å². The third-order valence-electron chi connectivity index (χ3n) is 6.12. The zero-order valence-corrected chi connectivity index (χ0v) is 18.2. The maximum Gasteiger partial charge on any atom is 0.270 e. The molecular weight excluding hydrogens is 408 g/mol. The van der Waals surface area contributed by atoms with Crippen LogP contribution in [0.1, 0.15) is 42.2 Å². The van der Waals surface area contributed by atoms with Gasteiger partial charge in [-0.05, 0) is 43.0 Å².